The number of ether oxygens (including phenoxy) is 2. The van der Waals surface area contributed by atoms with Crippen LogP contribution in [0.3, 0.4) is 0 Å². The molecule has 1 fully saturated rings. The van der Waals surface area contributed by atoms with Crippen molar-refractivity contribution in [1.82, 2.24) is 5.32 Å². The van der Waals surface area contributed by atoms with Gasteiger partial charge in [0, 0.05) is 18.0 Å². The van der Waals surface area contributed by atoms with Gasteiger partial charge in [0.25, 0.3) is 0 Å². The van der Waals surface area contributed by atoms with E-state index >= 15 is 0 Å². The van der Waals surface area contributed by atoms with Gasteiger partial charge in [0.2, 0.25) is 0 Å². The Morgan fingerprint density at radius 3 is 2.84 bits per heavy atom. The van der Waals surface area contributed by atoms with Crippen LogP contribution in [0.5, 0.6) is 11.5 Å². The van der Waals surface area contributed by atoms with Crippen molar-refractivity contribution in [2.24, 2.45) is 0 Å². The number of rotatable bonds is 1. The number of hydrogen-bond acceptors (Lipinski definition) is 3. The monoisotopic (exact) mass is 285 g/mol. The van der Waals surface area contributed by atoms with E-state index in [9.17, 15) is 4.39 Å². The van der Waals surface area contributed by atoms with Crippen LogP contribution >= 0.6 is 11.6 Å². The van der Waals surface area contributed by atoms with Gasteiger partial charge in [-0.3, -0.25) is 0 Å². The van der Waals surface area contributed by atoms with Crippen molar-refractivity contribution in [3.63, 3.8) is 0 Å². The average Bonchev–Trinajstić information content (AvgIpc) is 2.68. The first-order valence-electron chi connectivity index (χ1n) is 6.65. The molecule has 3 nitrogen and oxygen atoms in total. The smallest absolute Gasteiger partial charge is 0.169 e. The molecule has 0 aromatic heterocycles. The van der Waals surface area contributed by atoms with Gasteiger partial charge in [-0.2, -0.15) is 0 Å². The summed E-state index contributed by atoms with van der Waals surface area (Å²) in [6, 6.07) is 1.51. The molecule has 0 bridgehead atoms. The number of fused-ring (bicyclic) bond motifs is 1. The van der Waals surface area contributed by atoms with E-state index in [0.29, 0.717) is 30.3 Å². The molecule has 104 valence electrons. The van der Waals surface area contributed by atoms with Crippen LogP contribution in [0.4, 0.5) is 4.39 Å². The van der Waals surface area contributed by atoms with Gasteiger partial charge in [0.15, 0.2) is 17.3 Å². The van der Waals surface area contributed by atoms with Crippen LogP contribution in [0, 0.1) is 5.82 Å². The van der Waals surface area contributed by atoms with E-state index in [4.69, 9.17) is 21.1 Å². The zero-order valence-corrected chi connectivity index (χ0v) is 11.6. The summed E-state index contributed by atoms with van der Waals surface area (Å²) in [5, 5.41) is 3.45. The lowest BCUT2D eigenvalue weighted by molar-refractivity contribution is 0.290. The third-order valence-electron chi connectivity index (χ3n) is 3.85. The molecule has 1 aromatic carbocycles. The van der Waals surface area contributed by atoms with E-state index in [1.165, 1.54) is 6.07 Å². The minimum absolute atomic E-state index is 0.0918. The molecular formula is C14H17ClFNO2. The van der Waals surface area contributed by atoms with Crippen molar-refractivity contribution < 1.29 is 13.9 Å². The fourth-order valence-electron chi connectivity index (χ4n) is 2.85. The van der Waals surface area contributed by atoms with Gasteiger partial charge in [-0.05, 0) is 26.3 Å². The molecule has 2 aliphatic heterocycles. The second-order valence-corrected chi connectivity index (χ2v) is 5.69. The highest BCUT2D eigenvalue weighted by Crippen LogP contribution is 2.46. The van der Waals surface area contributed by atoms with E-state index in [1.54, 1.807) is 0 Å². The third kappa shape index (κ3) is 2.17. The molecule has 1 atom stereocenters. The predicted octanol–water partition coefficient (Wildman–Crippen LogP) is 3.24. The van der Waals surface area contributed by atoms with Crippen molar-refractivity contribution in [2.45, 2.75) is 31.7 Å². The Morgan fingerprint density at radius 1 is 1.32 bits per heavy atom. The highest BCUT2D eigenvalue weighted by molar-refractivity contribution is 6.31. The summed E-state index contributed by atoms with van der Waals surface area (Å²) in [6.07, 6.45) is 2.66. The minimum Gasteiger partial charge on any atom is -0.489 e. The molecule has 1 saturated heterocycles. The van der Waals surface area contributed by atoms with Crippen molar-refractivity contribution in [3.8, 4) is 11.5 Å². The van der Waals surface area contributed by atoms with E-state index in [2.05, 4.69) is 5.32 Å². The highest BCUT2D eigenvalue weighted by Gasteiger charge is 2.38. The predicted molar refractivity (Wildman–Crippen MR) is 71.6 cm³/mol. The Balaban J connectivity index is 2.18. The normalized spacial score (nSPS) is 26.3. The lowest BCUT2D eigenvalue weighted by Gasteiger charge is -2.28. The highest BCUT2D eigenvalue weighted by atomic mass is 35.5. The summed E-state index contributed by atoms with van der Waals surface area (Å²) in [7, 11) is 0. The molecule has 1 unspecified atom stereocenters. The molecule has 2 aliphatic rings. The van der Waals surface area contributed by atoms with Crippen LogP contribution in [-0.2, 0) is 5.54 Å². The van der Waals surface area contributed by atoms with Gasteiger partial charge in [-0.1, -0.05) is 11.6 Å². The number of nitrogens with one attached hydrogen (secondary N) is 1. The first-order chi connectivity index (χ1) is 9.12. The summed E-state index contributed by atoms with van der Waals surface area (Å²) in [4.78, 5) is 0. The van der Waals surface area contributed by atoms with Crippen LogP contribution < -0.4 is 14.8 Å². The first kappa shape index (κ1) is 13.0. The largest absolute Gasteiger partial charge is 0.489 e. The van der Waals surface area contributed by atoms with Crippen LogP contribution in [-0.4, -0.2) is 19.8 Å². The molecule has 0 spiro atoms. The standard InChI is InChI=1S/C14H17ClFNO2/c1-14(4-2-5-17-14)11-12(16)9(15)8-10-13(11)19-7-3-6-18-10/h8,17H,2-7H2,1H3. The summed E-state index contributed by atoms with van der Waals surface area (Å²) in [5.74, 6) is 0.660. The Morgan fingerprint density at radius 2 is 2.11 bits per heavy atom. The lowest BCUT2D eigenvalue weighted by atomic mass is 9.89. The van der Waals surface area contributed by atoms with Crippen LogP contribution in [0.25, 0.3) is 0 Å². The molecule has 0 saturated carbocycles. The topological polar surface area (TPSA) is 30.5 Å². The SMILES string of the molecule is CC1(c2c(F)c(Cl)cc3c2OCCCO3)CCCN1. The average molecular weight is 286 g/mol. The zero-order valence-electron chi connectivity index (χ0n) is 10.9. The van der Waals surface area contributed by atoms with Crippen LogP contribution in [0.2, 0.25) is 5.02 Å². The second kappa shape index (κ2) is 4.84. The maximum atomic E-state index is 14.5. The molecule has 19 heavy (non-hydrogen) atoms. The Kier molecular flexibility index (Phi) is 3.31. The second-order valence-electron chi connectivity index (χ2n) is 5.29. The quantitative estimate of drug-likeness (QED) is 0.859. The van der Waals surface area contributed by atoms with E-state index < -0.39 is 11.4 Å². The van der Waals surface area contributed by atoms with Gasteiger partial charge in [-0.15, -0.1) is 0 Å². The number of halogens is 2. The fourth-order valence-corrected chi connectivity index (χ4v) is 3.05. The van der Waals surface area contributed by atoms with Gasteiger partial charge in [0.05, 0.1) is 23.8 Å². The Bertz CT molecular complexity index is 501. The van der Waals surface area contributed by atoms with Crippen LogP contribution in [0.15, 0.2) is 6.07 Å². The van der Waals surface area contributed by atoms with Gasteiger partial charge in [-0.25, -0.2) is 4.39 Å². The molecule has 1 N–H and O–H groups in total. The number of benzene rings is 1. The van der Waals surface area contributed by atoms with Gasteiger partial charge >= 0.3 is 0 Å². The van der Waals surface area contributed by atoms with E-state index in [-0.39, 0.29) is 5.02 Å². The minimum atomic E-state index is -0.438. The Labute approximate surface area is 117 Å². The molecule has 0 amide bonds. The van der Waals surface area contributed by atoms with Crippen molar-refractivity contribution in [2.75, 3.05) is 19.8 Å². The maximum Gasteiger partial charge on any atom is 0.169 e. The molecule has 0 aliphatic carbocycles. The molecule has 1 aromatic rings. The van der Waals surface area contributed by atoms with E-state index in [0.717, 1.165) is 25.8 Å². The van der Waals surface area contributed by atoms with Crippen molar-refractivity contribution >= 4 is 11.6 Å². The molecule has 5 heteroatoms. The number of hydrogen-bond donors (Lipinski definition) is 1. The molecule has 2 heterocycles. The summed E-state index contributed by atoms with van der Waals surface area (Å²) in [5.41, 5.74) is 0.0710. The summed E-state index contributed by atoms with van der Waals surface area (Å²) < 4.78 is 25.9. The van der Waals surface area contributed by atoms with Crippen LogP contribution in [0.1, 0.15) is 31.7 Å². The van der Waals surface area contributed by atoms with Crippen molar-refractivity contribution in [1.29, 1.82) is 0 Å². The Hall–Kier alpha value is -1.00. The summed E-state index contributed by atoms with van der Waals surface area (Å²) >= 11 is 6.01. The van der Waals surface area contributed by atoms with Crippen molar-refractivity contribution in [3.05, 3.63) is 22.5 Å². The van der Waals surface area contributed by atoms with Gasteiger partial charge in [0.1, 0.15) is 0 Å². The third-order valence-corrected chi connectivity index (χ3v) is 4.13. The first-order valence-corrected chi connectivity index (χ1v) is 7.03. The molecule has 3 rings (SSSR count). The molecule has 0 radical (unpaired) electrons. The lowest BCUT2D eigenvalue weighted by Crippen LogP contribution is -2.34. The summed E-state index contributed by atoms with van der Waals surface area (Å²) in [6.45, 7) is 3.97. The zero-order chi connectivity index (χ0) is 13.5. The maximum absolute atomic E-state index is 14.5. The van der Waals surface area contributed by atoms with Gasteiger partial charge < -0.3 is 14.8 Å². The fraction of sp³-hybridized carbons (Fsp3) is 0.571. The molecular weight excluding hydrogens is 269 g/mol. The van der Waals surface area contributed by atoms with E-state index in [1.807, 2.05) is 6.92 Å².